The fourth-order valence-electron chi connectivity index (χ4n) is 1.97. The average Bonchev–Trinajstić information content (AvgIpc) is 2.66. The van der Waals surface area contributed by atoms with Crippen molar-refractivity contribution >= 4 is 17.9 Å². The molecular formula is C20H26O7. The summed E-state index contributed by atoms with van der Waals surface area (Å²) in [6.07, 6.45) is 3.46. The molecule has 0 saturated carbocycles. The Bertz CT molecular complexity index is 608. The van der Waals surface area contributed by atoms with Crippen LogP contribution in [0.4, 0.5) is 0 Å². The van der Waals surface area contributed by atoms with Gasteiger partial charge in [-0.3, -0.25) is 4.79 Å². The highest BCUT2D eigenvalue weighted by molar-refractivity contribution is 5.91. The van der Waals surface area contributed by atoms with E-state index in [0.717, 1.165) is 17.7 Å². The molecule has 7 nitrogen and oxygen atoms in total. The quantitative estimate of drug-likeness (QED) is 0.258. The Morgan fingerprint density at radius 2 is 1.63 bits per heavy atom. The van der Waals surface area contributed by atoms with Gasteiger partial charge in [0.05, 0.1) is 12.7 Å². The number of aliphatic hydroxyl groups excluding tert-OH is 1. The van der Waals surface area contributed by atoms with Gasteiger partial charge in [0, 0.05) is 18.6 Å². The third-order valence-corrected chi connectivity index (χ3v) is 3.33. The zero-order valence-electron chi connectivity index (χ0n) is 15.5. The van der Waals surface area contributed by atoms with Crippen molar-refractivity contribution in [2.45, 2.75) is 45.3 Å². The molecule has 1 N–H and O–H groups in total. The molecule has 0 spiro atoms. The molecule has 0 radical (unpaired) electrons. The Labute approximate surface area is 158 Å². The number of carbonyl (C=O) groups is 3. The smallest absolute Gasteiger partial charge is 0.331 e. The minimum absolute atomic E-state index is 0.133. The Balaban J connectivity index is 2.02. The Morgan fingerprint density at radius 1 is 0.963 bits per heavy atom. The van der Waals surface area contributed by atoms with Gasteiger partial charge in [0.15, 0.2) is 0 Å². The van der Waals surface area contributed by atoms with Gasteiger partial charge in [0.1, 0.15) is 13.2 Å². The summed E-state index contributed by atoms with van der Waals surface area (Å²) >= 11 is 0. The van der Waals surface area contributed by atoms with E-state index in [1.165, 1.54) is 6.92 Å². The number of aliphatic hydroxyl groups is 1. The van der Waals surface area contributed by atoms with Crippen molar-refractivity contribution in [3.8, 4) is 0 Å². The lowest BCUT2D eigenvalue weighted by molar-refractivity contribution is -0.145. The lowest BCUT2D eigenvalue weighted by Crippen LogP contribution is -2.14. The lowest BCUT2D eigenvalue weighted by Gasteiger charge is -2.05. The largest absolute Gasteiger partial charge is 0.463 e. The van der Waals surface area contributed by atoms with Crippen molar-refractivity contribution in [2.75, 3.05) is 13.2 Å². The topological polar surface area (TPSA) is 99.1 Å². The van der Waals surface area contributed by atoms with Crippen molar-refractivity contribution < 1.29 is 33.7 Å². The number of rotatable bonds is 12. The fourth-order valence-corrected chi connectivity index (χ4v) is 1.97. The van der Waals surface area contributed by atoms with Crippen LogP contribution in [-0.2, 0) is 35.2 Å². The highest BCUT2D eigenvalue weighted by Crippen LogP contribution is 2.05. The summed E-state index contributed by atoms with van der Waals surface area (Å²) in [7, 11) is 0. The maximum atomic E-state index is 11.6. The van der Waals surface area contributed by atoms with Crippen LogP contribution in [0.3, 0.4) is 0 Å². The molecule has 0 aliphatic rings. The molecule has 0 aliphatic carbocycles. The molecule has 0 fully saturated rings. The number of unbranched alkanes of at least 4 members (excludes halogenated alkanes) is 2. The second-order valence-corrected chi connectivity index (χ2v) is 5.94. The van der Waals surface area contributed by atoms with Gasteiger partial charge in [0.2, 0.25) is 0 Å². The summed E-state index contributed by atoms with van der Waals surface area (Å²) in [6, 6.07) is 9.46. The van der Waals surface area contributed by atoms with Gasteiger partial charge in [-0.05, 0) is 31.7 Å². The molecule has 0 aliphatic heterocycles. The molecule has 1 aromatic carbocycles. The van der Waals surface area contributed by atoms with Crippen LogP contribution in [0.25, 0.3) is 0 Å². The Morgan fingerprint density at radius 3 is 2.30 bits per heavy atom. The molecule has 0 saturated heterocycles. The number of benzene rings is 1. The summed E-state index contributed by atoms with van der Waals surface area (Å²) < 4.78 is 14.8. The zero-order valence-corrected chi connectivity index (χ0v) is 15.5. The first-order chi connectivity index (χ1) is 13.0. The van der Waals surface area contributed by atoms with E-state index in [2.05, 4.69) is 4.74 Å². The van der Waals surface area contributed by atoms with Crippen LogP contribution in [0.5, 0.6) is 0 Å². The number of hydrogen-bond donors (Lipinski definition) is 1. The number of ether oxygens (including phenoxy) is 3. The number of esters is 3. The second kappa shape index (κ2) is 13.5. The molecule has 0 bridgehead atoms. The van der Waals surface area contributed by atoms with Gasteiger partial charge in [-0.1, -0.05) is 30.3 Å². The summed E-state index contributed by atoms with van der Waals surface area (Å²) in [5.74, 6) is -1.62. The molecule has 148 valence electrons. The van der Waals surface area contributed by atoms with E-state index in [9.17, 15) is 14.4 Å². The van der Waals surface area contributed by atoms with Crippen molar-refractivity contribution in [1.82, 2.24) is 0 Å². The monoisotopic (exact) mass is 378 g/mol. The van der Waals surface area contributed by atoms with Gasteiger partial charge in [0.25, 0.3) is 0 Å². The predicted molar refractivity (Wildman–Crippen MR) is 97.4 cm³/mol. The van der Waals surface area contributed by atoms with E-state index >= 15 is 0 Å². The van der Waals surface area contributed by atoms with Crippen LogP contribution in [-0.4, -0.2) is 42.3 Å². The van der Waals surface area contributed by atoms with E-state index in [-0.39, 0.29) is 25.8 Å². The molecule has 0 heterocycles. The van der Waals surface area contributed by atoms with Crippen molar-refractivity contribution in [3.63, 3.8) is 0 Å². The molecule has 1 unspecified atom stereocenters. The van der Waals surface area contributed by atoms with Gasteiger partial charge in [-0.25, -0.2) is 9.59 Å². The first-order valence-corrected chi connectivity index (χ1v) is 8.86. The normalized spacial score (nSPS) is 11.8. The lowest BCUT2D eigenvalue weighted by atomic mass is 10.2. The molecule has 1 atom stereocenters. The van der Waals surface area contributed by atoms with Gasteiger partial charge >= 0.3 is 17.9 Å². The van der Waals surface area contributed by atoms with E-state index in [1.807, 2.05) is 30.3 Å². The number of hydrogen-bond acceptors (Lipinski definition) is 7. The van der Waals surface area contributed by atoms with Gasteiger partial charge in [-0.2, -0.15) is 0 Å². The van der Waals surface area contributed by atoms with Crippen molar-refractivity contribution in [3.05, 3.63) is 48.0 Å². The van der Waals surface area contributed by atoms with Gasteiger partial charge in [-0.15, -0.1) is 0 Å². The first kappa shape index (κ1) is 22.4. The molecular weight excluding hydrogens is 352 g/mol. The molecule has 0 amide bonds. The van der Waals surface area contributed by atoms with Crippen LogP contribution < -0.4 is 0 Å². The fraction of sp³-hybridized carbons (Fsp3) is 0.450. The van der Waals surface area contributed by atoms with E-state index in [0.29, 0.717) is 25.7 Å². The Kier molecular flexibility index (Phi) is 11.2. The Hall–Kier alpha value is -2.67. The van der Waals surface area contributed by atoms with Gasteiger partial charge < -0.3 is 19.3 Å². The highest BCUT2D eigenvalue weighted by atomic mass is 16.5. The standard InChI is InChI=1S/C20H26O7/c1-16(21)14-26-20(24)12-11-19(23)25-13-7-3-6-10-18(22)27-15-17-8-4-2-5-9-17/h2,4-5,8-9,11-12,16,21H,3,6-7,10,13-15H2,1H3/b12-11-. The third kappa shape index (κ3) is 12.3. The minimum Gasteiger partial charge on any atom is -0.463 e. The maximum absolute atomic E-state index is 11.6. The molecule has 0 aromatic heterocycles. The summed E-state index contributed by atoms with van der Waals surface area (Å²) in [6.45, 7) is 1.81. The van der Waals surface area contributed by atoms with E-state index in [4.69, 9.17) is 14.6 Å². The summed E-state index contributed by atoms with van der Waals surface area (Å²) in [5, 5.41) is 8.96. The van der Waals surface area contributed by atoms with Crippen LogP contribution >= 0.6 is 0 Å². The molecule has 7 heteroatoms. The summed E-state index contributed by atoms with van der Waals surface area (Å²) in [5.41, 5.74) is 0.945. The highest BCUT2D eigenvalue weighted by Gasteiger charge is 2.05. The average molecular weight is 378 g/mol. The third-order valence-electron chi connectivity index (χ3n) is 3.33. The molecule has 27 heavy (non-hydrogen) atoms. The molecule has 1 aromatic rings. The van der Waals surface area contributed by atoms with Crippen LogP contribution in [0.2, 0.25) is 0 Å². The SMILES string of the molecule is CC(O)COC(=O)/C=C\C(=O)OCCCCCC(=O)OCc1ccccc1. The maximum Gasteiger partial charge on any atom is 0.331 e. The summed E-state index contributed by atoms with van der Waals surface area (Å²) in [4.78, 5) is 34.2. The zero-order chi connectivity index (χ0) is 19.9. The van der Waals surface area contributed by atoms with Crippen molar-refractivity contribution in [1.29, 1.82) is 0 Å². The number of carbonyl (C=O) groups excluding carboxylic acids is 3. The van der Waals surface area contributed by atoms with E-state index in [1.54, 1.807) is 0 Å². The van der Waals surface area contributed by atoms with Crippen LogP contribution in [0, 0.1) is 0 Å². The first-order valence-electron chi connectivity index (χ1n) is 8.86. The van der Waals surface area contributed by atoms with Crippen LogP contribution in [0.1, 0.15) is 38.2 Å². The van der Waals surface area contributed by atoms with Crippen molar-refractivity contribution in [2.24, 2.45) is 0 Å². The second-order valence-electron chi connectivity index (χ2n) is 5.94. The van der Waals surface area contributed by atoms with E-state index < -0.39 is 18.0 Å². The van der Waals surface area contributed by atoms with Crippen LogP contribution in [0.15, 0.2) is 42.5 Å². The predicted octanol–water partition coefficient (Wildman–Crippen LogP) is 2.31. The minimum atomic E-state index is -0.759. The molecule has 1 rings (SSSR count).